The van der Waals surface area contributed by atoms with Gasteiger partial charge in [-0.15, -0.1) is 0 Å². The highest BCUT2D eigenvalue weighted by Gasteiger charge is 2.19. The van der Waals surface area contributed by atoms with Crippen LogP contribution >= 0.6 is 0 Å². The summed E-state index contributed by atoms with van der Waals surface area (Å²) in [6, 6.07) is -0.0591. The van der Waals surface area contributed by atoms with E-state index >= 15 is 0 Å². The molecule has 1 unspecified atom stereocenters. The second-order valence-corrected chi connectivity index (χ2v) is 5.32. The molecule has 2 nitrogen and oxygen atoms in total. The molecule has 0 saturated heterocycles. The molecule has 0 aromatic rings. The highest BCUT2D eigenvalue weighted by molar-refractivity contribution is 4.75. The van der Waals surface area contributed by atoms with E-state index in [0.29, 0.717) is 17.8 Å². The molecule has 2 heteroatoms. The Bertz CT molecular complexity index is 145. The van der Waals surface area contributed by atoms with Crippen LogP contribution in [0.5, 0.6) is 0 Å². The fourth-order valence-electron chi connectivity index (χ4n) is 1.53. The first-order chi connectivity index (χ1) is 6.34. The minimum atomic E-state index is -0.338. The quantitative estimate of drug-likeness (QED) is 0.693. The minimum Gasteiger partial charge on any atom is -0.392 e. The van der Waals surface area contributed by atoms with Crippen LogP contribution in [0.4, 0.5) is 0 Å². The smallest absolute Gasteiger partial charge is 0.0693 e. The molecule has 0 fully saturated rings. The first-order valence-corrected chi connectivity index (χ1v) is 5.78. The van der Waals surface area contributed by atoms with Gasteiger partial charge in [0.25, 0.3) is 0 Å². The number of aliphatic hydroxyl groups is 1. The Morgan fingerprint density at radius 2 is 1.50 bits per heavy atom. The number of hydrogen-bond donors (Lipinski definition) is 2. The van der Waals surface area contributed by atoms with Gasteiger partial charge >= 0.3 is 0 Å². The third kappa shape index (κ3) is 5.61. The van der Waals surface area contributed by atoms with Crippen LogP contribution in [0.1, 0.15) is 47.5 Å². The van der Waals surface area contributed by atoms with Crippen LogP contribution in [0.15, 0.2) is 0 Å². The van der Waals surface area contributed by atoms with Crippen LogP contribution in [0.25, 0.3) is 0 Å². The van der Waals surface area contributed by atoms with Crippen molar-refractivity contribution in [2.75, 3.05) is 0 Å². The summed E-state index contributed by atoms with van der Waals surface area (Å²) in [6.07, 6.45) is 1.40. The lowest BCUT2D eigenvalue weighted by atomic mass is 9.88. The molecular formula is C12H27NO. The highest BCUT2D eigenvalue weighted by atomic mass is 16.3. The van der Waals surface area contributed by atoms with Crippen LogP contribution < -0.4 is 5.73 Å². The standard InChI is InChI=1S/C12H27NO/c1-8(2)6-11(13)12(14)7-10(5)9(3)4/h8-12,14H,6-7,13H2,1-5H3/t10?,11-,12-/m0/s1. The molecule has 0 aliphatic carbocycles. The molecule has 0 rings (SSSR count). The molecular weight excluding hydrogens is 174 g/mol. The molecule has 3 atom stereocenters. The number of aliphatic hydroxyl groups excluding tert-OH is 1. The fraction of sp³-hybridized carbons (Fsp3) is 1.00. The Balaban J connectivity index is 3.88. The summed E-state index contributed by atoms with van der Waals surface area (Å²) in [5.74, 6) is 1.73. The third-order valence-corrected chi connectivity index (χ3v) is 2.99. The van der Waals surface area contributed by atoms with Crippen LogP contribution in [-0.2, 0) is 0 Å². The Morgan fingerprint density at radius 3 is 1.86 bits per heavy atom. The summed E-state index contributed by atoms with van der Waals surface area (Å²) in [5, 5.41) is 9.86. The van der Waals surface area contributed by atoms with E-state index in [9.17, 15) is 5.11 Å². The van der Waals surface area contributed by atoms with Gasteiger partial charge in [-0.25, -0.2) is 0 Å². The molecule has 0 aliphatic heterocycles. The summed E-state index contributed by atoms with van der Waals surface area (Å²) >= 11 is 0. The van der Waals surface area contributed by atoms with Crippen molar-refractivity contribution in [1.29, 1.82) is 0 Å². The van der Waals surface area contributed by atoms with Crippen LogP contribution in [-0.4, -0.2) is 17.3 Å². The Morgan fingerprint density at radius 1 is 1.00 bits per heavy atom. The van der Waals surface area contributed by atoms with E-state index in [2.05, 4.69) is 34.6 Å². The van der Waals surface area contributed by atoms with E-state index in [-0.39, 0.29) is 12.1 Å². The zero-order valence-electron chi connectivity index (χ0n) is 10.3. The first kappa shape index (κ1) is 13.9. The number of rotatable bonds is 6. The van der Waals surface area contributed by atoms with Crippen LogP contribution in [0.3, 0.4) is 0 Å². The van der Waals surface area contributed by atoms with Gasteiger partial charge in [-0.1, -0.05) is 34.6 Å². The molecule has 0 aliphatic rings. The summed E-state index contributed by atoms with van der Waals surface area (Å²) < 4.78 is 0. The SMILES string of the molecule is CC(C)C[C@H](N)[C@@H](O)CC(C)C(C)C. The summed E-state index contributed by atoms with van der Waals surface area (Å²) in [6.45, 7) is 10.8. The van der Waals surface area contributed by atoms with Gasteiger partial charge in [0.1, 0.15) is 0 Å². The third-order valence-electron chi connectivity index (χ3n) is 2.99. The lowest BCUT2D eigenvalue weighted by molar-refractivity contribution is 0.100. The predicted octanol–water partition coefficient (Wildman–Crippen LogP) is 2.40. The van der Waals surface area contributed by atoms with Crippen LogP contribution in [0, 0.1) is 17.8 Å². The van der Waals surface area contributed by atoms with Crippen molar-refractivity contribution in [3.05, 3.63) is 0 Å². The van der Waals surface area contributed by atoms with Gasteiger partial charge < -0.3 is 10.8 Å². The molecule has 0 saturated carbocycles. The Kier molecular flexibility index (Phi) is 6.38. The normalized spacial score (nSPS) is 18.6. The Labute approximate surface area is 88.9 Å². The van der Waals surface area contributed by atoms with E-state index in [1.165, 1.54) is 0 Å². The molecule has 0 heterocycles. The van der Waals surface area contributed by atoms with Crippen molar-refractivity contribution < 1.29 is 5.11 Å². The monoisotopic (exact) mass is 201 g/mol. The molecule has 0 aromatic carbocycles. The first-order valence-electron chi connectivity index (χ1n) is 5.78. The van der Waals surface area contributed by atoms with Crippen molar-refractivity contribution in [2.24, 2.45) is 23.5 Å². The fourth-order valence-corrected chi connectivity index (χ4v) is 1.53. The van der Waals surface area contributed by atoms with Gasteiger partial charge in [-0.2, -0.15) is 0 Å². The molecule has 3 N–H and O–H groups in total. The summed E-state index contributed by atoms with van der Waals surface area (Å²) in [5.41, 5.74) is 5.92. The number of hydrogen-bond acceptors (Lipinski definition) is 2. The van der Waals surface area contributed by atoms with Crippen molar-refractivity contribution in [3.63, 3.8) is 0 Å². The van der Waals surface area contributed by atoms with Gasteiger partial charge in [0.05, 0.1) is 6.10 Å². The van der Waals surface area contributed by atoms with Crippen molar-refractivity contribution in [1.82, 2.24) is 0 Å². The molecule has 86 valence electrons. The summed E-state index contributed by atoms with van der Waals surface area (Å²) in [7, 11) is 0. The second-order valence-electron chi connectivity index (χ2n) is 5.32. The lowest BCUT2D eigenvalue weighted by Gasteiger charge is -2.25. The van der Waals surface area contributed by atoms with Crippen LogP contribution in [0.2, 0.25) is 0 Å². The van der Waals surface area contributed by atoms with Gasteiger partial charge in [0.2, 0.25) is 0 Å². The average Bonchev–Trinajstić information content (AvgIpc) is 2.02. The van der Waals surface area contributed by atoms with E-state index in [4.69, 9.17) is 5.73 Å². The van der Waals surface area contributed by atoms with Crippen molar-refractivity contribution in [3.8, 4) is 0 Å². The topological polar surface area (TPSA) is 46.2 Å². The maximum absolute atomic E-state index is 9.86. The van der Waals surface area contributed by atoms with E-state index in [1.807, 2.05) is 0 Å². The van der Waals surface area contributed by atoms with E-state index in [0.717, 1.165) is 12.8 Å². The van der Waals surface area contributed by atoms with Gasteiger partial charge in [-0.05, 0) is 30.6 Å². The molecule has 0 spiro atoms. The number of nitrogens with two attached hydrogens (primary N) is 1. The lowest BCUT2D eigenvalue weighted by Crippen LogP contribution is -2.37. The maximum atomic E-state index is 9.86. The molecule has 0 aromatic heterocycles. The predicted molar refractivity (Wildman–Crippen MR) is 62.1 cm³/mol. The van der Waals surface area contributed by atoms with Crippen molar-refractivity contribution >= 4 is 0 Å². The van der Waals surface area contributed by atoms with Crippen molar-refractivity contribution in [2.45, 2.75) is 59.6 Å². The van der Waals surface area contributed by atoms with E-state index in [1.54, 1.807) is 0 Å². The maximum Gasteiger partial charge on any atom is 0.0693 e. The van der Waals surface area contributed by atoms with Gasteiger partial charge in [-0.3, -0.25) is 0 Å². The zero-order valence-corrected chi connectivity index (χ0v) is 10.3. The zero-order chi connectivity index (χ0) is 11.3. The second kappa shape index (κ2) is 6.41. The molecule has 0 amide bonds. The molecule has 0 radical (unpaired) electrons. The molecule has 14 heavy (non-hydrogen) atoms. The minimum absolute atomic E-state index is 0.0591. The largest absolute Gasteiger partial charge is 0.392 e. The van der Waals surface area contributed by atoms with Gasteiger partial charge in [0, 0.05) is 6.04 Å². The summed E-state index contributed by atoms with van der Waals surface area (Å²) in [4.78, 5) is 0. The Hall–Kier alpha value is -0.0800. The van der Waals surface area contributed by atoms with Gasteiger partial charge in [0.15, 0.2) is 0 Å². The average molecular weight is 201 g/mol. The van der Waals surface area contributed by atoms with E-state index < -0.39 is 0 Å². The highest BCUT2D eigenvalue weighted by Crippen LogP contribution is 2.19. The molecule has 0 bridgehead atoms.